The molecule has 0 bridgehead atoms. The second-order valence-corrected chi connectivity index (χ2v) is 5.23. The monoisotopic (exact) mass is 346 g/mol. The molecule has 1 aromatic heterocycles. The van der Waals surface area contributed by atoms with E-state index in [4.69, 9.17) is 0 Å². The molecule has 0 saturated carbocycles. The van der Waals surface area contributed by atoms with E-state index in [9.17, 15) is 18.0 Å². The zero-order chi connectivity index (χ0) is 17.8. The van der Waals surface area contributed by atoms with Crippen LogP contribution in [-0.4, -0.2) is 15.8 Å². The third-order valence-corrected chi connectivity index (χ3v) is 3.32. The van der Waals surface area contributed by atoms with Crippen LogP contribution in [0.1, 0.15) is 5.56 Å². The van der Waals surface area contributed by atoms with Gasteiger partial charge < -0.3 is 5.32 Å². The number of halogens is 3. The zero-order valence-corrected chi connectivity index (χ0v) is 12.8. The second kappa shape index (κ2) is 7.08. The fraction of sp³-hybridized carbons (Fsp3) is 0.0588. The highest BCUT2D eigenvalue weighted by Crippen LogP contribution is 2.15. The van der Waals surface area contributed by atoms with Gasteiger partial charge in [-0.1, -0.05) is 12.1 Å². The molecule has 3 aromatic rings. The Morgan fingerprint density at radius 1 is 0.960 bits per heavy atom. The molecule has 2 aromatic carbocycles. The average molecular weight is 346 g/mol. The number of urea groups is 1. The molecule has 5 nitrogen and oxygen atoms in total. The van der Waals surface area contributed by atoms with Gasteiger partial charge in [0.2, 0.25) is 0 Å². The Bertz CT molecular complexity index is 893. The van der Waals surface area contributed by atoms with Crippen molar-refractivity contribution in [3.8, 4) is 0 Å². The lowest BCUT2D eigenvalue weighted by atomic mass is 10.2. The molecule has 0 radical (unpaired) electrons. The average Bonchev–Trinajstić information content (AvgIpc) is 2.99. The Morgan fingerprint density at radius 2 is 1.68 bits per heavy atom. The number of aromatic nitrogens is 2. The van der Waals surface area contributed by atoms with E-state index in [1.807, 2.05) is 0 Å². The van der Waals surface area contributed by atoms with Crippen LogP contribution < -0.4 is 10.6 Å². The topological polar surface area (TPSA) is 59.0 Å². The summed E-state index contributed by atoms with van der Waals surface area (Å²) in [5.41, 5.74) is 0.693. The fourth-order valence-electron chi connectivity index (χ4n) is 2.15. The minimum atomic E-state index is -0.878. The summed E-state index contributed by atoms with van der Waals surface area (Å²) < 4.78 is 40.8. The number of hydrogen-bond donors (Lipinski definition) is 2. The van der Waals surface area contributed by atoms with E-state index in [1.165, 1.54) is 12.1 Å². The number of rotatable bonds is 4. The normalized spacial score (nSPS) is 10.5. The van der Waals surface area contributed by atoms with E-state index in [0.717, 1.165) is 17.7 Å². The van der Waals surface area contributed by atoms with Crippen LogP contribution in [0.15, 0.2) is 54.7 Å². The maximum absolute atomic E-state index is 13.5. The zero-order valence-electron chi connectivity index (χ0n) is 12.8. The molecular formula is C17H13F3N4O. The minimum Gasteiger partial charge on any atom is -0.305 e. The van der Waals surface area contributed by atoms with E-state index in [1.54, 1.807) is 29.1 Å². The number of hydrogen-bond acceptors (Lipinski definition) is 2. The molecule has 8 heteroatoms. The summed E-state index contributed by atoms with van der Waals surface area (Å²) in [6.45, 7) is 0.399. The molecule has 0 aliphatic heterocycles. The highest BCUT2D eigenvalue weighted by Gasteiger charge is 2.09. The summed E-state index contributed by atoms with van der Waals surface area (Å²) in [4.78, 5) is 11.9. The molecular weight excluding hydrogens is 333 g/mol. The first-order valence-electron chi connectivity index (χ1n) is 7.30. The predicted octanol–water partition coefficient (Wildman–Crippen LogP) is 3.99. The van der Waals surface area contributed by atoms with Crippen molar-refractivity contribution in [3.05, 3.63) is 77.7 Å². The van der Waals surface area contributed by atoms with Crippen molar-refractivity contribution < 1.29 is 18.0 Å². The van der Waals surface area contributed by atoms with Crippen molar-refractivity contribution in [2.75, 3.05) is 10.6 Å². The molecule has 0 aliphatic rings. The summed E-state index contributed by atoms with van der Waals surface area (Å²) in [5, 5.41) is 8.86. The molecule has 0 saturated heterocycles. The van der Waals surface area contributed by atoms with Gasteiger partial charge in [0.15, 0.2) is 5.82 Å². The molecule has 1 heterocycles. The molecule has 0 atom stereocenters. The maximum atomic E-state index is 13.5. The molecule has 2 N–H and O–H groups in total. The Morgan fingerprint density at radius 3 is 2.40 bits per heavy atom. The Kier molecular flexibility index (Phi) is 4.69. The summed E-state index contributed by atoms with van der Waals surface area (Å²) in [7, 11) is 0. The first-order chi connectivity index (χ1) is 12.0. The summed E-state index contributed by atoms with van der Waals surface area (Å²) in [6.07, 6.45) is 1.64. The van der Waals surface area contributed by atoms with Gasteiger partial charge in [-0.3, -0.25) is 10.00 Å². The number of carbonyl (C=O) groups excluding carboxylic acids is 1. The summed E-state index contributed by atoms with van der Waals surface area (Å²) >= 11 is 0. The van der Waals surface area contributed by atoms with Gasteiger partial charge in [0.05, 0.1) is 12.2 Å². The lowest BCUT2D eigenvalue weighted by Gasteiger charge is -2.07. The van der Waals surface area contributed by atoms with Crippen LogP contribution in [0.25, 0.3) is 0 Å². The number of benzene rings is 2. The summed E-state index contributed by atoms with van der Waals surface area (Å²) in [5.74, 6) is -1.68. The lowest BCUT2D eigenvalue weighted by Crippen LogP contribution is -2.20. The SMILES string of the molecule is O=C(Nc1ccn(Cc2ccc(F)cc2)n1)Nc1ccc(F)cc1F. The highest BCUT2D eigenvalue weighted by molar-refractivity contribution is 5.99. The number of anilines is 2. The third-order valence-electron chi connectivity index (χ3n) is 3.32. The van der Waals surface area contributed by atoms with Crippen LogP contribution in [0.2, 0.25) is 0 Å². The van der Waals surface area contributed by atoms with E-state index in [2.05, 4.69) is 15.7 Å². The van der Waals surface area contributed by atoms with E-state index < -0.39 is 17.7 Å². The van der Waals surface area contributed by atoms with Crippen LogP contribution in [0, 0.1) is 17.5 Å². The molecule has 128 valence electrons. The summed E-state index contributed by atoms with van der Waals surface area (Å²) in [6, 6.07) is 9.65. The van der Waals surface area contributed by atoms with Crippen molar-refractivity contribution in [1.29, 1.82) is 0 Å². The largest absolute Gasteiger partial charge is 0.324 e. The van der Waals surface area contributed by atoms with Crippen LogP contribution in [0.4, 0.5) is 29.5 Å². The van der Waals surface area contributed by atoms with Crippen LogP contribution in [0.5, 0.6) is 0 Å². The number of carbonyl (C=O) groups is 1. The molecule has 2 amide bonds. The smallest absolute Gasteiger partial charge is 0.305 e. The van der Waals surface area contributed by atoms with Crippen molar-refractivity contribution in [3.63, 3.8) is 0 Å². The van der Waals surface area contributed by atoms with Gasteiger partial charge in [-0.15, -0.1) is 0 Å². The third kappa shape index (κ3) is 4.37. The van der Waals surface area contributed by atoms with Crippen LogP contribution in [-0.2, 0) is 6.54 Å². The van der Waals surface area contributed by atoms with Gasteiger partial charge in [-0.05, 0) is 29.8 Å². The Labute approximate surface area is 141 Å². The lowest BCUT2D eigenvalue weighted by molar-refractivity contribution is 0.262. The van der Waals surface area contributed by atoms with Gasteiger partial charge in [0, 0.05) is 18.3 Å². The van der Waals surface area contributed by atoms with Gasteiger partial charge in [-0.25, -0.2) is 18.0 Å². The number of amides is 2. The van der Waals surface area contributed by atoms with Crippen molar-refractivity contribution >= 4 is 17.5 Å². The molecule has 0 spiro atoms. The second-order valence-electron chi connectivity index (χ2n) is 5.23. The van der Waals surface area contributed by atoms with Gasteiger partial charge in [-0.2, -0.15) is 5.10 Å². The number of nitrogens with one attached hydrogen (secondary N) is 2. The van der Waals surface area contributed by atoms with Crippen LogP contribution >= 0.6 is 0 Å². The first-order valence-corrected chi connectivity index (χ1v) is 7.30. The standard InChI is InChI=1S/C17H13F3N4O/c18-12-3-1-11(2-4-12)10-24-8-7-16(23-24)22-17(25)21-15-6-5-13(19)9-14(15)20/h1-9H,10H2,(H2,21,22,23,25). The van der Waals surface area contributed by atoms with E-state index in [-0.39, 0.29) is 17.3 Å². The maximum Gasteiger partial charge on any atom is 0.324 e. The van der Waals surface area contributed by atoms with E-state index >= 15 is 0 Å². The Hall–Kier alpha value is -3.29. The molecule has 0 aliphatic carbocycles. The van der Waals surface area contributed by atoms with Gasteiger partial charge in [0.1, 0.15) is 17.5 Å². The quantitative estimate of drug-likeness (QED) is 0.750. The van der Waals surface area contributed by atoms with Gasteiger partial charge >= 0.3 is 6.03 Å². The molecule has 3 rings (SSSR count). The van der Waals surface area contributed by atoms with Gasteiger partial charge in [0.25, 0.3) is 0 Å². The van der Waals surface area contributed by atoms with Crippen LogP contribution in [0.3, 0.4) is 0 Å². The Balaban J connectivity index is 1.60. The van der Waals surface area contributed by atoms with Crippen molar-refractivity contribution in [2.45, 2.75) is 6.54 Å². The molecule has 0 fully saturated rings. The minimum absolute atomic E-state index is 0.148. The first kappa shape index (κ1) is 16.6. The van der Waals surface area contributed by atoms with Crippen molar-refractivity contribution in [1.82, 2.24) is 9.78 Å². The number of nitrogens with zero attached hydrogens (tertiary/aromatic N) is 2. The molecule has 0 unspecified atom stereocenters. The predicted molar refractivity (Wildman–Crippen MR) is 86.7 cm³/mol. The highest BCUT2D eigenvalue weighted by atomic mass is 19.1. The van der Waals surface area contributed by atoms with Crippen molar-refractivity contribution in [2.24, 2.45) is 0 Å². The molecule has 25 heavy (non-hydrogen) atoms. The fourth-order valence-corrected chi connectivity index (χ4v) is 2.15. The van der Waals surface area contributed by atoms with E-state index in [0.29, 0.717) is 12.6 Å².